The van der Waals surface area contributed by atoms with Gasteiger partial charge in [0.15, 0.2) is 0 Å². The summed E-state index contributed by atoms with van der Waals surface area (Å²) in [5, 5.41) is 3.96. The molecule has 0 aromatic heterocycles. The van der Waals surface area contributed by atoms with Crippen molar-refractivity contribution in [1.82, 2.24) is 0 Å². The molecule has 0 atom stereocenters. The molecule has 1 N–H and O–H groups in total. The van der Waals surface area contributed by atoms with Gasteiger partial charge in [0.25, 0.3) is 0 Å². The highest BCUT2D eigenvalue weighted by Crippen LogP contribution is 2.33. The lowest BCUT2D eigenvalue weighted by Crippen LogP contribution is -2.00. The maximum atomic E-state index is 5.88. The SMILES string of the molecule is S=C1Nc2ccccc2/C1=C\c1ccc(Cl)cc1. The summed E-state index contributed by atoms with van der Waals surface area (Å²) in [5.41, 5.74) is 4.37. The number of nitrogens with one attached hydrogen (secondary N) is 1. The standard InChI is InChI=1S/C15H10ClNS/c16-11-7-5-10(6-8-11)9-13-12-3-1-2-4-14(12)17-15(13)18/h1-9H,(H,17,18)/b13-9+. The van der Waals surface area contributed by atoms with E-state index in [9.17, 15) is 0 Å². The average Bonchev–Trinajstić information content (AvgIpc) is 2.69. The molecule has 18 heavy (non-hydrogen) atoms. The Labute approximate surface area is 116 Å². The van der Waals surface area contributed by atoms with Gasteiger partial charge in [0.2, 0.25) is 0 Å². The van der Waals surface area contributed by atoms with E-state index < -0.39 is 0 Å². The maximum absolute atomic E-state index is 5.88. The van der Waals surface area contributed by atoms with Gasteiger partial charge in [0.1, 0.15) is 4.99 Å². The highest BCUT2D eigenvalue weighted by atomic mass is 35.5. The minimum atomic E-state index is 0.740. The number of para-hydroxylation sites is 1. The Balaban J connectivity index is 2.07. The van der Waals surface area contributed by atoms with Crippen LogP contribution in [0.5, 0.6) is 0 Å². The van der Waals surface area contributed by atoms with Crippen LogP contribution in [0.1, 0.15) is 11.1 Å². The summed E-state index contributed by atoms with van der Waals surface area (Å²) < 4.78 is 0. The molecule has 0 saturated heterocycles. The Morgan fingerprint density at radius 1 is 1.00 bits per heavy atom. The van der Waals surface area contributed by atoms with Crippen molar-refractivity contribution in [2.24, 2.45) is 0 Å². The molecule has 1 heterocycles. The molecule has 3 rings (SSSR count). The quantitative estimate of drug-likeness (QED) is 0.599. The first-order valence-electron chi connectivity index (χ1n) is 5.62. The van der Waals surface area contributed by atoms with Gasteiger partial charge in [-0.3, -0.25) is 0 Å². The van der Waals surface area contributed by atoms with Gasteiger partial charge in [-0.1, -0.05) is 54.2 Å². The highest BCUT2D eigenvalue weighted by Gasteiger charge is 2.19. The molecule has 3 heteroatoms. The Bertz CT molecular complexity index is 644. The van der Waals surface area contributed by atoms with Crippen LogP contribution in [-0.4, -0.2) is 4.99 Å². The topological polar surface area (TPSA) is 12.0 Å². The van der Waals surface area contributed by atoms with E-state index in [-0.39, 0.29) is 0 Å². The number of benzene rings is 2. The maximum Gasteiger partial charge on any atom is 0.111 e. The van der Waals surface area contributed by atoms with Crippen LogP contribution in [0.25, 0.3) is 11.6 Å². The predicted octanol–water partition coefficient (Wildman–Crippen LogP) is 4.63. The normalized spacial score (nSPS) is 15.6. The fraction of sp³-hybridized carbons (Fsp3) is 0. The second-order valence-electron chi connectivity index (χ2n) is 4.11. The summed E-state index contributed by atoms with van der Waals surface area (Å²) in [6, 6.07) is 15.9. The number of halogens is 1. The second-order valence-corrected chi connectivity index (χ2v) is 4.95. The first-order chi connectivity index (χ1) is 8.74. The Hall–Kier alpha value is -1.64. The molecule has 0 aliphatic carbocycles. The van der Waals surface area contributed by atoms with Crippen LogP contribution >= 0.6 is 23.8 Å². The monoisotopic (exact) mass is 271 g/mol. The molecule has 0 fully saturated rings. The van der Waals surface area contributed by atoms with Gasteiger partial charge in [-0.15, -0.1) is 0 Å². The van der Waals surface area contributed by atoms with Gasteiger partial charge >= 0.3 is 0 Å². The van der Waals surface area contributed by atoms with E-state index in [0.717, 1.165) is 32.4 Å². The van der Waals surface area contributed by atoms with E-state index in [4.69, 9.17) is 23.8 Å². The molecule has 0 saturated carbocycles. The summed E-state index contributed by atoms with van der Waals surface area (Å²) >= 11 is 11.2. The molecule has 0 radical (unpaired) electrons. The van der Waals surface area contributed by atoms with Gasteiger partial charge in [0, 0.05) is 21.8 Å². The van der Waals surface area contributed by atoms with E-state index >= 15 is 0 Å². The third-order valence-corrected chi connectivity index (χ3v) is 3.47. The van der Waals surface area contributed by atoms with E-state index in [1.807, 2.05) is 42.5 Å². The average molecular weight is 272 g/mol. The zero-order chi connectivity index (χ0) is 12.5. The van der Waals surface area contributed by atoms with Crippen LogP contribution in [0.4, 0.5) is 5.69 Å². The third-order valence-electron chi connectivity index (χ3n) is 2.89. The molecule has 0 bridgehead atoms. The van der Waals surface area contributed by atoms with Gasteiger partial charge in [-0.2, -0.15) is 0 Å². The van der Waals surface area contributed by atoms with E-state index in [0.29, 0.717) is 0 Å². The summed E-state index contributed by atoms with van der Waals surface area (Å²) in [5.74, 6) is 0. The first kappa shape index (κ1) is 11.5. The van der Waals surface area contributed by atoms with Crippen molar-refractivity contribution in [3.8, 4) is 0 Å². The molecule has 2 aromatic carbocycles. The van der Waals surface area contributed by atoms with E-state index in [1.165, 1.54) is 0 Å². The first-order valence-corrected chi connectivity index (χ1v) is 6.41. The zero-order valence-corrected chi connectivity index (χ0v) is 11.1. The Kier molecular flexibility index (Phi) is 2.90. The van der Waals surface area contributed by atoms with Gasteiger partial charge in [-0.05, 0) is 29.8 Å². The summed E-state index contributed by atoms with van der Waals surface area (Å²) in [6.45, 7) is 0. The van der Waals surface area contributed by atoms with Crippen LogP contribution in [0.15, 0.2) is 48.5 Å². The highest BCUT2D eigenvalue weighted by molar-refractivity contribution is 7.81. The molecule has 0 amide bonds. The minimum absolute atomic E-state index is 0.740. The van der Waals surface area contributed by atoms with Gasteiger partial charge in [0.05, 0.1) is 0 Å². The Morgan fingerprint density at radius 2 is 1.72 bits per heavy atom. The minimum Gasteiger partial charge on any atom is -0.346 e. The zero-order valence-electron chi connectivity index (χ0n) is 9.48. The van der Waals surface area contributed by atoms with Crippen molar-refractivity contribution in [2.75, 3.05) is 5.32 Å². The van der Waals surface area contributed by atoms with Crippen molar-refractivity contribution in [1.29, 1.82) is 0 Å². The summed E-state index contributed by atoms with van der Waals surface area (Å²) in [4.78, 5) is 0.770. The number of hydrogen-bond donors (Lipinski definition) is 1. The van der Waals surface area contributed by atoms with Crippen molar-refractivity contribution in [2.45, 2.75) is 0 Å². The lowest BCUT2D eigenvalue weighted by Gasteiger charge is -1.99. The molecule has 1 nitrogen and oxygen atoms in total. The Morgan fingerprint density at radius 3 is 2.50 bits per heavy atom. The number of hydrogen-bond acceptors (Lipinski definition) is 1. The fourth-order valence-corrected chi connectivity index (χ4v) is 2.41. The van der Waals surface area contributed by atoms with Crippen LogP contribution in [0, 0.1) is 0 Å². The van der Waals surface area contributed by atoms with Crippen molar-refractivity contribution in [3.05, 3.63) is 64.7 Å². The van der Waals surface area contributed by atoms with E-state index in [2.05, 4.69) is 17.5 Å². The smallest absolute Gasteiger partial charge is 0.111 e. The van der Waals surface area contributed by atoms with Crippen molar-refractivity contribution >= 4 is 46.1 Å². The second kappa shape index (κ2) is 4.56. The molecular weight excluding hydrogens is 262 g/mol. The van der Waals surface area contributed by atoms with Gasteiger partial charge < -0.3 is 5.32 Å². The molecular formula is C15H10ClNS. The molecule has 0 unspecified atom stereocenters. The molecule has 88 valence electrons. The number of fused-ring (bicyclic) bond motifs is 1. The van der Waals surface area contributed by atoms with Gasteiger partial charge in [-0.25, -0.2) is 0 Å². The predicted molar refractivity (Wildman–Crippen MR) is 82.0 cm³/mol. The summed E-state index contributed by atoms with van der Waals surface area (Å²) in [7, 11) is 0. The largest absolute Gasteiger partial charge is 0.346 e. The van der Waals surface area contributed by atoms with Crippen molar-refractivity contribution < 1.29 is 0 Å². The lowest BCUT2D eigenvalue weighted by molar-refractivity contribution is 1.64. The molecule has 1 aliphatic heterocycles. The fourth-order valence-electron chi connectivity index (χ4n) is 2.01. The van der Waals surface area contributed by atoms with Crippen LogP contribution in [0.2, 0.25) is 5.02 Å². The lowest BCUT2D eigenvalue weighted by atomic mass is 10.0. The van der Waals surface area contributed by atoms with Crippen LogP contribution in [-0.2, 0) is 0 Å². The number of thiocarbonyl (C=S) groups is 1. The van der Waals surface area contributed by atoms with Crippen LogP contribution < -0.4 is 5.32 Å². The van der Waals surface area contributed by atoms with Crippen molar-refractivity contribution in [3.63, 3.8) is 0 Å². The number of anilines is 1. The molecule has 0 spiro atoms. The number of rotatable bonds is 1. The molecule has 1 aliphatic rings. The van der Waals surface area contributed by atoms with E-state index in [1.54, 1.807) is 0 Å². The molecule has 2 aromatic rings. The third kappa shape index (κ3) is 2.05. The van der Waals surface area contributed by atoms with Crippen LogP contribution in [0.3, 0.4) is 0 Å². The summed E-state index contributed by atoms with van der Waals surface area (Å²) in [6.07, 6.45) is 2.08.